The molecular weight excluding hydrogens is 297 g/mol. The minimum atomic E-state index is -0.327. The first-order valence-electron chi connectivity index (χ1n) is 5.47. The number of ether oxygens (including phenoxy) is 1. The maximum Gasteiger partial charge on any atom is 0.150 e. The molecule has 0 aromatic heterocycles. The Morgan fingerprint density at radius 2 is 1.78 bits per heavy atom. The van der Waals surface area contributed by atoms with Crippen molar-refractivity contribution in [2.45, 2.75) is 13.8 Å². The minimum Gasteiger partial charge on any atom is -0.455 e. The average Bonchev–Trinajstić information content (AvgIpc) is 2.29. The Morgan fingerprint density at radius 3 is 2.44 bits per heavy atom. The van der Waals surface area contributed by atoms with Crippen LogP contribution in [-0.4, -0.2) is 0 Å². The second-order valence-corrected chi connectivity index (χ2v) is 5.07. The second-order valence-electron chi connectivity index (χ2n) is 4.15. The SMILES string of the molecule is Cc1cc(Oc2ccc(Br)cc2C)c(N)cc1F. The van der Waals surface area contributed by atoms with E-state index in [-0.39, 0.29) is 5.82 Å². The largest absolute Gasteiger partial charge is 0.455 e. The third-order valence-electron chi connectivity index (χ3n) is 2.65. The van der Waals surface area contributed by atoms with Gasteiger partial charge in [0.2, 0.25) is 0 Å². The molecule has 0 bridgehead atoms. The summed E-state index contributed by atoms with van der Waals surface area (Å²) in [5.74, 6) is 0.850. The van der Waals surface area contributed by atoms with Gasteiger partial charge in [-0.2, -0.15) is 0 Å². The van der Waals surface area contributed by atoms with Crippen LogP contribution in [0.4, 0.5) is 10.1 Å². The summed E-state index contributed by atoms with van der Waals surface area (Å²) in [7, 11) is 0. The molecule has 0 saturated heterocycles. The molecule has 2 N–H and O–H groups in total. The molecule has 0 radical (unpaired) electrons. The van der Waals surface area contributed by atoms with Crippen molar-refractivity contribution in [2.24, 2.45) is 0 Å². The highest BCUT2D eigenvalue weighted by molar-refractivity contribution is 9.10. The fourth-order valence-electron chi connectivity index (χ4n) is 1.60. The van der Waals surface area contributed by atoms with E-state index in [0.29, 0.717) is 22.7 Å². The standard InChI is InChI=1S/C14H13BrFNO/c1-8-6-14(12(17)7-11(8)16)18-13-4-3-10(15)5-9(13)2/h3-7H,17H2,1-2H3. The predicted octanol–water partition coefficient (Wildman–Crippen LogP) is 4.58. The molecule has 0 atom stereocenters. The first-order valence-corrected chi connectivity index (χ1v) is 6.26. The highest BCUT2D eigenvalue weighted by atomic mass is 79.9. The highest BCUT2D eigenvalue weighted by Gasteiger charge is 2.08. The van der Waals surface area contributed by atoms with E-state index in [0.717, 1.165) is 10.0 Å². The van der Waals surface area contributed by atoms with E-state index in [1.165, 1.54) is 6.07 Å². The Morgan fingerprint density at radius 1 is 1.06 bits per heavy atom. The van der Waals surface area contributed by atoms with Crippen molar-refractivity contribution in [1.82, 2.24) is 0 Å². The van der Waals surface area contributed by atoms with Gasteiger partial charge in [0.15, 0.2) is 5.75 Å². The maximum absolute atomic E-state index is 13.3. The molecule has 0 unspecified atom stereocenters. The zero-order valence-electron chi connectivity index (χ0n) is 10.1. The van der Waals surface area contributed by atoms with Gasteiger partial charge in [0, 0.05) is 10.5 Å². The highest BCUT2D eigenvalue weighted by Crippen LogP contribution is 2.32. The average molecular weight is 310 g/mol. The lowest BCUT2D eigenvalue weighted by atomic mass is 10.2. The summed E-state index contributed by atoms with van der Waals surface area (Å²) in [5.41, 5.74) is 7.52. The summed E-state index contributed by atoms with van der Waals surface area (Å²) >= 11 is 3.39. The van der Waals surface area contributed by atoms with Crippen LogP contribution >= 0.6 is 15.9 Å². The van der Waals surface area contributed by atoms with Crippen LogP contribution in [0.15, 0.2) is 34.8 Å². The zero-order chi connectivity index (χ0) is 13.3. The topological polar surface area (TPSA) is 35.2 Å². The molecule has 18 heavy (non-hydrogen) atoms. The van der Waals surface area contributed by atoms with E-state index in [1.54, 1.807) is 13.0 Å². The number of benzene rings is 2. The lowest BCUT2D eigenvalue weighted by molar-refractivity contribution is 0.478. The van der Waals surface area contributed by atoms with E-state index in [9.17, 15) is 4.39 Å². The molecule has 0 spiro atoms. The Bertz CT molecular complexity index is 599. The number of nitrogen functional groups attached to an aromatic ring is 1. The van der Waals surface area contributed by atoms with Crippen molar-refractivity contribution >= 4 is 21.6 Å². The second kappa shape index (κ2) is 4.98. The number of hydrogen-bond acceptors (Lipinski definition) is 2. The summed E-state index contributed by atoms with van der Waals surface area (Å²) in [6.45, 7) is 3.61. The fraction of sp³-hybridized carbons (Fsp3) is 0.143. The number of aryl methyl sites for hydroxylation is 2. The predicted molar refractivity (Wildman–Crippen MR) is 74.5 cm³/mol. The van der Waals surface area contributed by atoms with Crippen LogP contribution in [0.2, 0.25) is 0 Å². The van der Waals surface area contributed by atoms with E-state index in [1.807, 2.05) is 25.1 Å². The van der Waals surface area contributed by atoms with Crippen LogP contribution in [0, 0.1) is 19.7 Å². The molecule has 2 nitrogen and oxygen atoms in total. The van der Waals surface area contributed by atoms with Crippen LogP contribution < -0.4 is 10.5 Å². The molecule has 0 fully saturated rings. The molecule has 2 aromatic rings. The van der Waals surface area contributed by atoms with E-state index < -0.39 is 0 Å². The van der Waals surface area contributed by atoms with Gasteiger partial charge in [-0.05, 0) is 49.2 Å². The molecule has 0 aliphatic heterocycles. The lowest BCUT2D eigenvalue weighted by Crippen LogP contribution is -1.96. The maximum atomic E-state index is 13.3. The number of anilines is 1. The molecule has 4 heteroatoms. The van der Waals surface area contributed by atoms with E-state index >= 15 is 0 Å². The molecule has 0 heterocycles. The van der Waals surface area contributed by atoms with Gasteiger partial charge in [-0.1, -0.05) is 15.9 Å². The van der Waals surface area contributed by atoms with Crippen molar-refractivity contribution < 1.29 is 9.13 Å². The zero-order valence-corrected chi connectivity index (χ0v) is 11.7. The van der Waals surface area contributed by atoms with E-state index in [2.05, 4.69) is 15.9 Å². The lowest BCUT2D eigenvalue weighted by Gasteiger charge is -2.12. The summed E-state index contributed by atoms with van der Waals surface area (Å²) in [4.78, 5) is 0. The van der Waals surface area contributed by atoms with Crippen LogP contribution in [0.5, 0.6) is 11.5 Å². The smallest absolute Gasteiger partial charge is 0.150 e. The van der Waals surface area contributed by atoms with Crippen LogP contribution in [0.1, 0.15) is 11.1 Å². The van der Waals surface area contributed by atoms with Gasteiger partial charge in [0.25, 0.3) is 0 Å². The Kier molecular flexibility index (Phi) is 3.57. The van der Waals surface area contributed by atoms with E-state index in [4.69, 9.17) is 10.5 Å². The Labute approximate surface area is 114 Å². The molecule has 0 saturated carbocycles. The molecule has 0 aliphatic carbocycles. The Hall–Kier alpha value is -1.55. The van der Waals surface area contributed by atoms with Crippen LogP contribution in [0.3, 0.4) is 0 Å². The Balaban J connectivity index is 2.37. The first kappa shape index (κ1) is 12.9. The van der Waals surface area contributed by atoms with Crippen molar-refractivity contribution in [1.29, 1.82) is 0 Å². The van der Waals surface area contributed by atoms with Crippen molar-refractivity contribution in [3.63, 3.8) is 0 Å². The normalized spacial score (nSPS) is 10.4. The summed E-state index contributed by atoms with van der Waals surface area (Å²) in [6, 6.07) is 8.55. The van der Waals surface area contributed by atoms with Crippen LogP contribution in [-0.2, 0) is 0 Å². The number of hydrogen-bond donors (Lipinski definition) is 1. The minimum absolute atomic E-state index is 0.292. The van der Waals surface area contributed by atoms with Gasteiger partial charge in [0.05, 0.1) is 5.69 Å². The summed E-state index contributed by atoms with van der Waals surface area (Å²) in [5, 5.41) is 0. The van der Waals surface area contributed by atoms with Gasteiger partial charge >= 0.3 is 0 Å². The van der Waals surface area contributed by atoms with Crippen LogP contribution in [0.25, 0.3) is 0 Å². The van der Waals surface area contributed by atoms with Crippen molar-refractivity contribution in [2.75, 3.05) is 5.73 Å². The van der Waals surface area contributed by atoms with Crippen molar-refractivity contribution in [3.8, 4) is 11.5 Å². The molecule has 0 aliphatic rings. The number of rotatable bonds is 2. The third-order valence-corrected chi connectivity index (χ3v) is 3.14. The molecule has 0 amide bonds. The summed E-state index contributed by atoms with van der Waals surface area (Å²) < 4.78 is 20.0. The molecule has 2 rings (SSSR count). The molecule has 2 aromatic carbocycles. The van der Waals surface area contributed by atoms with Gasteiger partial charge < -0.3 is 10.5 Å². The van der Waals surface area contributed by atoms with Gasteiger partial charge in [0.1, 0.15) is 11.6 Å². The molecular formula is C14H13BrFNO. The third kappa shape index (κ3) is 2.64. The first-order chi connectivity index (χ1) is 8.47. The van der Waals surface area contributed by atoms with Gasteiger partial charge in [-0.25, -0.2) is 4.39 Å². The van der Waals surface area contributed by atoms with Crippen molar-refractivity contribution in [3.05, 3.63) is 51.7 Å². The van der Waals surface area contributed by atoms with Gasteiger partial charge in [-0.3, -0.25) is 0 Å². The number of nitrogens with two attached hydrogens (primary N) is 1. The summed E-state index contributed by atoms with van der Waals surface area (Å²) in [6.07, 6.45) is 0. The number of halogens is 2. The quantitative estimate of drug-likeness (QED) is 0.824. The fourth-order valence-corrected chi connectivity index (χ4v) is 2.08. The molecule has 94 valence electrons. The van der Waals surface area contributed by atoms with Gasteiger partial charge in [-0.15, -0.1) is 0 Å². The monoisotopic (exact) mass is 309 g/mol.